The summed E-state index contributed by atoms with van der Waals surface area (Å²) in [4.78, 5) is 31.1. The summed E-state index contributed by atoms with van der Waals surface area (Å²) >= 11 is 0. The van der Waals surface area contributed by atoms with E-state index >= 15 is 0 Å². The minimum atomic E-state index is -0.603. The summed E-state index contributed by atoms with van der Waals surface area (Å²) in [6.45, 7) is 2.07. The van der Waals surface area contributed by atoms with Gasteiger partial charge in [-0.15, -0.1) is 0 Å². The molecular formula is C37H33N4O4+. The predicted octanol–water partition coefficient (Wildman–Crippen LogP) is 5.96. The van der Waals surface area contributed by atoms with E-state index in [0.717, 1.165) is 22.4 Å². The average molecular weight is 598 g/mol. The number of anilines is 1. The van der Waals surface area contributed by atoms with Crippen molar-refractivity contribution in [3.63, 3.8) is 0 Å². The van der Waals surface area contributed by atoms with Crippen molar-refractivity contribution in [2.24, 2.45) is 0 Å². The number of rotatable bonds is 8. The highest BCUT2D eigenvalue weighted by Gasteiger charge is 2.42. The van der Waals surface area contributed by atoms with Crippen LogP contribution >= 0.6 is 0 Å². The van der Waals surface area contributed by atoms with Crippen LogP contribution in [0.2, 0.25) is 0 Å². The molecule has 8 nitrogen and oxygen atoms in total. The number of dihydropyridines is 1. The van der Waals surface area contributed by atoms with Crippen LogP contribution in [0.3, 0.4) is 0 Å². The van der Waals surface area contributed by atoms with Gasteiger partial charge in [-0.25, -0.2) is 15.1 Å². The molecule has 0 fully saturated rings. The van der Waals surface area contributed by atoms with Gasteiger partial charge in [-0.1, -0.05) is 42.5 Å². The van der Waals surface area contributed by atoms with Crippen LogP contribution in [0.5, 0.6) is 11.5 Å². The van der Waals surface area contributed by atoms with Gasteiger partial charge in [0.25, 0.3) is 5.82 Å². The Labute approximate surface area is 262 Å². The average Bonchev–Trinajstić information content (AvgIpc) is 3.07. The second kappa shape index (κ2) is 12.9. The second-order valence-corrected chi connectivity index (χ2v) is 11.2. The quantitative estimate of drug-likeness (QED) is 0.259. The molecule has 2 atom stereocenters. The highest BCUT2D eigenvalue weighted by molar-refractivity contribution is 6.09. The van der Waals surface area contributed by atoms with Crippen LogP contribution in [-0.2, 0) is 16.2 Å². The normalized spacial score (nSPS) is 17.6. The van der Waals surface area contributed by atoms with E-state index in [4.69, 9.17) is 14.7 Å². The summed E-state index contributed by atoms with van der Waals surface area (Å²) in [6.07, 6.45) is 2.75. The highest BCUT2D eigenvalue weighted by Crippen LogP contribution is 2.46. The number of amides is 1. The molecule has 3 N–H and O–H groups in total. The van der Waals surface area contributed by atoms with Crippen LogP contribution in [0, 0.1) is 11.3 Å². The zero-order valence-corrected chi connectivity index (χ0v) is 25.1. The van der Waals surface area contributed by atoms with E-state index in [1.165, 1.54) is 0 Å². The van der Waals surface area contributed by atoms with Crippen LogP contribution < -0.4 is 25.1 Å². The molecule has 4 aromatic rings. The molecule has 0 radical (unpaired) electrons. The Morgan fingerprint density at radius 2 is 1.78 bits per heavy atom. The zero-order valence-electron chi connectivity index (χ0n) is 25.1. The first-order valence-electron chi connectivity index (χ1n) is 14.8. The van der Waals surface area contributed by atoms with E-state index in [2.05, 4.69) is 33.8 Å². The summed E-state index contributed by atoms with van der Waals surface area (Å²) in [6, 6.07) is 30.3. The molecule has 6 rings (SSSR count). The number of methoxy groups -OCH3 is 1. The number of nitrogens with zero attached hydrogens (tertiary/aromatic N) is 1. The van der Waals surface area contributed by atoms with Gasteiger partial charge < -0.3 is 14.8 Å². The van der Waals surface area contributed by atoms with Gasteiger partial charge in [0.15, 0.2) is 5.78 Å². The summed E-state index contributed by atoms with van der Waals surface area (Å²) in [5, 5.41) is 15.6. The number of benzene rings is 3. The molecule has 1 aliphatic carbocycles. The SMILES string of the molecule is COc1ccc(C2C(C(=O)Nc3cccc[nH+]3)=C(C)NC3=C2C(=O)CC(c2ccccc2)C3)cc1COc1ccc(C#N)cc1. The molecule has 1 aromatic heterocycles. The molecule has 0 saturated heterocycles. The van der Waals surface area contributed by atoms with E-state index in [0.29, 0.717) is 52.6 Å². The number of allylic oxidation sites excluding steroid dienone is 3. The third-order valence-electron chi connectivity index (χ3n) is 8.32. The molecule has 2 aliphatic rings. The zero-order chi connectivity index (χ0) is 31.3. The number of carbonyl (C=O) groups excluding carboxylic acids is 2. The Kier molecular flexibility index (Phi) is 8.43. The van der Waals surface area contributed by atoms with Crippen LogP contribution in [-0.4, -0.2) is 18.8 Å². The standard InChI is InChI=1S/C37H32N4O4/c1-23-34(37(43)41-33-10-6-7-17-39-33)35(36-30(40-23)19-27(20-31(36)42)25-8-4-3-5-9-25)26-13-16-32(44-2)28(18-26)22-45-29-14-11-24(21-38)12-15-29/h3-18,27,35,40H,19-20,22H2,1-2H3,(H,39,41,43)/p+1. The lowest BCUT2D eigenvalue weighted by Gasteiger charge is -2.36. The maximum atomic E-state index is 14.1. The van der Waals surface area contributed by atoms with Crippen molar-refractivity contribution in [1.29, 1.82) is 5.26 Å². The first-order chi connectivity index (χ1) is 21.9. The first-order valence-corrected chi connectivity index (χ1v) is 14.8. The molecule has 1 aliphatic heterocycles. The van der Waals surface area contributed by atoms with Gasteiger partial charge in [0.05, 0.1) is 30.5 Å². The Morgan fingerprint density at radius 3 is 2.49 bits per heavy atom. The molecule has 0 bridgehead atoms. The molecule has 0 spiro atoms. The van der Waals surface area contributed by atoms with E-state index < -0.39 is 5.92 Å². The molecule has 2 heterocycles. The van der Waals surface area contributed by atoms with Gasteiger partial charge in [-0.3, -0.25) is 4.79 Å². The van der Waals surface area contributed by atoms with Crippen molar-refractivity contribution in [3.05, 3.63) is 142 Å². The number of nitriles is 1. The van der Waals surface area contributed by atoms with Crippen molar-refractivity contribution in [1.82, 2.24) is 5.32 Å². The number of ether oxygens (including phenoxy) is 2. The molecular weight excluding hydrogens is 564 g/mol. The van der Waals surface area contributed by atoms with Crippen LogP contribution in [0.15, 0.2) is 120 Å². The number of aromatic amines is 1. The Morgan fingerprint density at radius 1 is 1.00 bits per heavy atom. The van der Waals surface area contributed by atoms with Crippen LogP contribution in [0.1, 0.15) is 53.9 Å². The minimum Gasteiger partial charge on any atom is -0.496 e. The molecule has 0 saturated carbocycles. The van der Waals surface area contributed by atoms with Crippen molar-refractivity contribution < 1.29 is 24.0 Å². The van der Waals surface area contributed by atoms with E-state index in [-0.39, 0.29) is 24.2 Å². The number of pyridine rings is 1. The van der Waals surface area contributed by atoms with Gasteiger partial charge in [0.1, 0.15) is 18.1 Å². The minimum absolute atomic E-state index is 0.0119. The van der Waals surface area contributed by atoms with Gasteiger partial charge in [-0.2, -0.15) is 5.26 Å². The molecule has 2 unspecified atom stereocenters. The smallest absolute Gasteiger partial charge is 0.337 e. The Hall–Kier alpha value is -5.68. The third kappa shape index (κ3) is 6.20. The molecule has 224 valence electrons. The molecule has 45 heavy (non-hydrogen) atoms. The maximum absolute atomic E-state index is 14.1. The summed E-state index contributed by atoms with van der Waals surface area (Å²) in [5.41, 5.74) is 5.84. The number of aromatic nitrogens is 1. The molecule has 8 heteroatoms. The molecule has 1 amide bonds. The Balaban J connectivity index is 1.40. The highest BCUT2D eigenvalue weighted by atomic mass is 16.5. The van der Waals surface area contributed by atoms with E-state index in [1.54, 1.807) is 43.6 Å². The number of carbonyl (C=O) groups is 2. The van der Waals surface area contributed by atoms with Gasteiger partial charge in [-0.05, 0) is 72.9 Å². The number of H-pyrrole nitrogens is 1. The second-order valence-electron chi connectivity index (χ2n) is 11.2. The van der Waals surface area contributed by atoms with Gasteiger partial charge >= 0.3 is 5.91 Å². The number of Topliss-reactive ketones (excluding diaryl/α,β-unsaturated/α-hetero) is 1. The number of hydrogen-bond acceptors (Lipinski definition) is 6. The number of nitrogens with one attached hydrogen (secondary N) is 3. The van der Waals surface area contributed by atoms with Crippen molar-refractivity contribution in [2.45, 2.75) is 38.2 Å². The topological polar surface area (TPSA) is 115 Å². The number of hydrogen-bond donors (Lipinski definition) is 2. The Bertz CT molecular complexity index is 1840. The summed E-state index contributed by atoms with van der Waals surface area (Å²) < 4.78 is 11.7. The maximum Gasteiger partial charge on any atom is 0.337 e. The van der Waals surface area contributed by atoms with Crippen LogP contribution in [0.25, 0.3) is 0 Å². The lowest BCUT2D eigenvalue weighted by atomic mass is 9.71. The van der Waals surface area contributed by atoms with E-state index in [9.17, 15) is 9.59 Å². The van der Waals surface area contributed by atoms with Crippen LogP contribution in [0.4, 0.5) is 5.82 Å². The largest absolute Gasteiger partial charge is 0.496 e. The lowest BCUT2D eigenvalue weighted by molar-refractivity contribution is -0.360. The van der Waals surface area contributed by atoms with Gasteiger partial charge in [0, 0.05) is 40.9 Å². The number of ketones is 1. The fourth-order valence-corrected chi connectivity index (χ4v) is 6.17. The monoisotopic (exact) mass is 597 g/mol. The predicted molar refractivity (Wildman–Crippen MR) is 169 cm³/mol. The van der Waals surface area contributed by atoms with Gasteiger partial charge in [0.2, 0.25) is 0 Å². The fourth-order valence-electron chi connectivity index (χ4n) is 6.17. The van der Waals surface area contributed by atoms with Crippen molar-refractivity contribution >= 4 is 17.5 Å². The molecule has 3 aromatic carbocycles. The third-order valence-corrected chi connectivity index (χ3v) is 8.32. The van der Waals surface area contributed by atoms with Crippen molar-refractivity contribution in [3.8, 4) is 17.6 Å². The first kappa shape index (κ1) is 29.4. The summed E-state index contributed by atoms with van der Waals surface area (Å²) in [7, 11) is 1.60. The lowest BCUT2D eigenvalue weighted by Crippen LogP contribution is -2.37. The van der Waals surface area contributed by atoms with E-state index in [1.807, 2.05) is 55.5 Å². The van der Waals surface area contributed by atoms with Crippen molar-refractivity contribution in [2.75, 3.05) is 12.4 Å². The fraction of sp³-hybridized carbons (Fsp3) is 0.189. The summed E-state index contributed by atoms with van der Waals surface area (Å²) in [5.74, 6) is 0.930.